The van der Waals surface area contributed by atoms with Crippen molar-refractivity contribution in [3.8, 4) is 5.75 Å². The highest BCUT2D eigenvalue weighted by molar-refractivity contribution is 5.93. The number of dihydropyridines is 1. The summed E-state index contributed by atoms with van der Waals surface area (Å²) in [6.45, 7) is 0. The smallest absolute Gasteiger partial charge is 0.208 e. The Hall–Kier alpha value is -2.67. The molecule has 2 unspecified atom stereocenters. The second-order valence-corrected chi connectivity index (χ2v) is 6.87. The van der Waals surface area contributed by atoms with Gasteiger partial charge in [0.1, 0.15) is 11.7 Å². The van der Waals surface area contributed by atoms with E-state index in [-0.39, 0.29) is 47.2 Å². The molecule has 3 aliphatic rings. The number of hydrogen-bond donors (Lipinski definition) is 3. The van der Waals surface area contributed by atoms with Crippen LogP contribution in [0.3, 0.4) is 0 Å². The van der Waals surface area contributed by atoms with E-state index in [0.29, 0.717) is 19.1 Å². The highest BCUT2D eigenvalue weighted by Gasteiger charge is 2.29. The molecule has 0 spiro atoms. The summed E-state index contributed by atoms with van der Waals surface area (Å²) in [6.07, 6.45) is 12.2. The van der Waals surface area contributed by atoms with Crippen molar-refractivity contribution < 1.29 is 19.4 Å². The summed E-state index contributed by atoms with van der Waals surface area (Å²) in [5.41, 5.74) is 0.989. The number of fused-ring (bicyclic) bond motifs is 1. The van der Waals surface area contributed by atoms with E-state index in [0.717, 1.165) is 18.4 Å². The number of carbonyl (C=O) groups excluding carboxylic acids is 1. The highest BCUT2D eigenvalue weighted by atomic mass is 16.4. The summed E-state index contributed by atoms with van der Waals surface area (Å²) in [7, 11) is 0. The van der Waals surface area contributed by atoms with Gasteiger partial charge in [0.25, 0.3) is 0 Å². The van der Waals surface area contributed by atoms with Gasteiger partial charge in [-0.25, -0.2) is 0 Å². The first-order chi connectivity index (χ1) is 12.7. The van der Waals surface area contributed by atoms with Gasteiger partial charge in [-0.15, -0.1) is 0 Å². The maximum absolute atomic E-state index is 11.4. The van der Waals surface area contributed by atoms with Crippen LogP contribution >= 0.6 is 0 Å². The minimum atomic E-state index is -0.260. The molecule has 1 aromatic rings. The van der Waals surface area contributed by atoms with Crippen molar-refractivity contribution in [2.45, 2.75) is 44.0 Å². The minimum Gasteiger partial charge on any atom is -0.504 e. The van der Waals surface area contributed by atoms with E-state index in [1.165, 1.54) is 0 Å². The molecular formula is C19H21N3O4. The Balaban J connectivity index is 1.58. The zero-order chi connectivity index (χ0) is 18.1. The molecule has 3 N–H and O–H groups in total. The number of carbonyl (C=O) groups is 1. The Bertz CT molecular complexity index is 813. The molecule has 0 bridgehead atoms. The zero-order valence-corrected chi connectivity index (χ0v) is 14.2. The fraction of sp³-hybridized carbons (Fsp3) is 0.421. The van der Waals surface area contributed by atoms with Crippen LogP contribution in [0.25, 0.3) is 6.08 Å². The van der Waals surface area contributed by atoms with Gasteiger partial charge in [0.2, 0.25) is 5.88 Å². The van der Waals surface area contributed by atoms with Gasteiger partial charge >= 0.3 is 0 Å². The van der Waals surface area contributed by atoms with Crippen molar-refractivity contribution >= 4 is 30.7 Å². The number of aliphatic hydroxyl groups is 1. The number of rotatable bonds is 4. The molecule has 1 fully saturated rings. The van der Waals surface area contributed by atoms with E-state index in [9.17, 15) is 15.0 Å². The van der Waals surface area contributed by atoms with Crippen molar-refractivity contribution in [1.29, 1.82) is 0 Å². The van der Waals surface area contributed by atoms with Crippen molar-refractivity contribution in [3.63, 3.8) is 0 Å². The number of aliphatic hydroxyl groups excluding tert-OH is 1. The van der Waals surface area contributed by atoms with Crippen LogP contribution in [-0.4, -0.2) is 47.2 Å². The van der Waals surface area contributed by atoms with E-state index in [1.807, 2.05) is 12.2 Å². The number of nitrogens with one attached hydrogen (secondary N) is 1. The largest absolute Gasteiger partial charge is 0.504 e. The summed E-state index contributed by atoms with van der Waals surface area (Å²) in [4.78, 5) is 20.1. The number of aromatic hydroxyl groups is 1. The first kappa shape index (κ1) is 16.8. The Morgan fingerprint density at radius 2 is 2.04 bits per heavy atom. The molecule has 26 heavy (non-hydrogen) atoms. The molecule has 1 aromatic heterocycles. The maximum atomic E-state index is 11.4. The number of hydrogen-bond acceptors (Lipinski definition) is 7. The van der Waals surface area contributed by atoms with Gasteiger partial charge < -0.3 is 19.9 Å². The summed E-state index contributed by atoms with van der Waals surface area (Å²) in [5.74, 6) is 0.344. The lowest BCUT2D eigenvalue weighted by Gasteiger charge is -2.26. The summed E-state index contributed by atoms with van der Waals surface area (Å²) >= 11 is 0. The molecule has 0 aromatic carbocycles. The molecule has 7 heteroatoms. The Kier molecular flexibility index (Phi) is 4.46. The van der Waals surface area contributed by atoms with Gasteiger partial charge in [-0.3, -0.25) is 14.8 Å². The Morgan fingerprint density at radius 3 is 2.81 bits per heavy atom. The number of aldehydes is 1. The molecule has 2 aliphatic heterocycles. The average molecular weight is 355 g/mol. The van der Waals surface area contributed by atoms with Crippen molar-refractivity contribution in [1.82, 2.24) is 0 Å². The van der Waals surface area contributed by atoms with Gasteiger partial charge in [0.15, 0.2) is 17.8 Å². The lowest BCUT2D eigenvalue weighted by molar-refractivity contribution is 0.112. The second kappa shape index (κ2) is 6.92. The first-order valence-corrected chi connectivity index (χ1v) is 8.86. The van der Waals surface area contributed by atoms with Crippen LogP contribution in [0.15, 0.2) is 32.1 Å². The molecule has 136 valence electrons. The lowest BCUT2D eigenvalue weighted by Crippen LogP contribution is -2.28. The summed E-state index contributed by atoms with van der Waals surface area (Å²) in [5, 5.41) is 23.2. The van der Waals surface area contributed by atoms with Crippen LogP contribution in [0, 0.1) is 5.92 Å². The van der Waals surface area contributed by atoms with Gasteiger partial charge in [0, 0.05) is 24.4 Å². The predicted molar refractivity (Wildman–Crippen MR) is 99.0 cm³/mol. The van der Waals surface area contributed by atoms with Crippen LogP contribution in [0.5, 0.6) is 5.75 Å². The fourth-order valence-corrected chi connectivity index (χ4v) is 3.62. The summed E-state index contributed by atoms with van der Waals surface area (Å²) in [6, 6.07) is 0.108. The lowest BCUT2D eigenvalue weighted by atomic mass is 9.93. The van der Waals surface area contributed by atoms with Gasteiger partial charge in [-0.2, -0.15) is 0 Å². The SMILES string of the molecule is O=Cc1c(NC2CCC(O)CC2)oc(C=C2C=NC3N=CC=CC23)c1O. The highest BCUT2D eigenvalue weighted by Crippen LogP contribution is 2.37. The monoisotopic (exact) mass is 355 g/mol. The Morgan fingerprint density at radius 1 is 1.23 bits per heavy atom. The number of anilines is 1. The summed E-state index contributed by atoms with van der Waals surface area (Å²) < 4.78 is 5.75. The fourth-order valence-electron chi connectivity index (χ4n) is 3.62. The molecule has 0 radical (unpaired) electrons. The number of nitrogens with zero attached hydrogens (tertiary/aromatic N) is 2. The molecular weight excluding hydrogens is 334 g/mol. The molecule has 0 amide bonds. The molecule has 1 aliphatic carbocycles. The van der Waals surface area contributed by atoms with E-state index in [1.54, 1.807) is 18.5 Å². The quantitative estimate of drug-likeness (QED) is 0.720. The molecule has 3 heterocycles. The maximum Gasteiger partial charge on any atom is 0.208 e. The Labute approximate surface area is 150 Å². The van der Waals surface area contributed by atoms with Gasteiger partial charge in [0.05, 0.1) is 6.10 Å². The van der Waals surface area contributed by atoms with Crippen molar-refractivity contribution in [2.24, 2.45) is 15.9 Å². The number of allylic oxidation sites excluding steroid dienone is 1. The molecule has 7 nitrogen and oxygen atoms in total. The number of furan rings is 1. The van der Waals surface area contributed by atoms with E-state index in [4.69, 9.17) is 4.42 Å². The predicted octanol–water partition coefficient (Wildman–Crippen LogP) is 2.56. The molecule has 1 saturated carbocycles. The standard InChI is InChI=1S/C19H21N3O4/c23-10-15-17(25)16(8-11-9-21-18-14(11)2-1-7-20-18)26-19(15)22-12-3-5-13(24)6-4-12/h1-2,7-10,12-14,18,22,24-25H,3-6H2. The average Bonchev–Trinajstić information content (AvgIpc) is 3.19. The van der Waals surface area contributed by atoms with E-state index >= 15 is 0 Å². The third-order valence-corrected chi connectivity index (χ3v) is 5.12. The van der Waals surface area contributed by atoms with Crippen molar-refractivity contribution in [3.05, 3.63) is 29.0 Å². The minimum absolute atomic E-state index is 0.0143. The van der Waals surface area contributed by atoms with E-state index in [2.05, 4.69) is 15.3 Å². The van der Waals surface area contributed by atoms with Crippen LogP contribution < -0.4 is 5.32 Å². The van der Waals surface area contributed by atoms with Crippen LogP contribution in [0.2, 0.25) is 0 Å². The van der Waals surface area contributed by atoms with Crippen LogP contribution in [0.1, 0.15) is 41.8 Å². The first-order valence-electron chi connectivity index (χ1n) is 8.86. The zero-order valence-electron chi connectivity index (χ0n) is 14.2. The third kappa shape index (κ3) is 3.10. The second-order valence-electron chi connectivity index (χ2n) is 6.87. The number of aliphatic imine (C=N–C) groups is 2. The molecule has 0 saturated heterocycles. The van der Waals surface area contributed by atoms with Gasteiger partial charge in [-0.1, -0.05) is 6.08 Å². The van der Waals surface area contributed by atoms with Crippen LogP contribution in [0.4, 0.5) is 5.88 Å². The van der Waals surface area contributed by atoms with Crippen molar-refractivity contribution in [2.75, 3.05) is 5.32 Å². The normalized spacial score (nSPS) is 31.3. The van der Waals surface area contributed by atoms with Crippen LogP contribution in [-0.2, 0) is 0 Å². The van der Waals surface area contributed by atoms with E-state index < -0.39 is 0 Å². The molecule has 4 rings (SSSR count). The molecule has 2 atom stereocenters. The van der Waals surface area contributed by atoms with Gasteiger partial charge in [-0.05, 0) is 43.4 Å². The topological polar surface area (TPSA) is 107 Å². The third-order valence-electron chi connectivity index (χ3n) is 5.12.